The second kappa shape index (κ2) is 12.2. The van der Waals surface area contributed by atoms with Gasteiger partial charge in [0.15, 0.2) is 0 Å². The third kappa shape index (κ3) is 6.14. The summed E-state index contributed by atoms with van der Waals surface area (Å²) in [4.78, 5) is 17.3. The summed E-state index contributed by atoms with van der Waals surface area (Å²) in [5.74, 6) is 1.71. The van der Waals surface area contributed by atoms with Crippen molar-refractivity contribution in [1.82, 2.24) is 4.98 Å². The summed E-state index contributed by atoms with van der Waals surface area (Å²) in [5, 5.41) is 29.9. The minimum Gasteiger partial charge on any atom is -0.461 e. The Balaban J connectivity index is 1.25. The average Bonchev–Trinajstić information content (AvgIpc) is 3.52. The van der Waals surface area contributed by atoms with E-state index in [4.69, 9.17) is 9.15 Å². The molecule has 7 heteroatoms. The van der Waals surface area contributed by atoms with Gasteiger partial charge in [0, 0.05) is 6.42 Å². The van der Waals surface area contributed by atoms with Gasteiger partial charge in [-0.3, -0.25) is 4.79 Å². The van der Waals surface area contributed by atoms with Crippen LogP contribution in [-0.4, -0.2) is 51.2 Å². The fraction of sp³-hybridized carbons (Fsp3) is 0.706. The van der Waals surface area contributed by atoms with Crippen LogP contribution in [-0.2, 0) is 14.9 Å². The van der Waals surface area contributed by atoms with E-state index in [1.54, 1.807) is 13.1 Å². The van der Waals surface area contributed by atoms with E-state index in [2.05, 4.69) is 30.6 Å². The number of esters is 1. The zero-order valence-corrected chi connectivity index (χ0v) is 25.1. The molecule has 4 aliphatic carbocycles. The first kappa shape index (κ1) is 30.2. The maximum Gasteiger partial charge on any atom is 0.311 e. The van der Waals surface area contributed by atoms with Gasteiger partial charge in [0.1, 0.15) is 11.9 Å². The number of hydrogen-bond donors (Lipinski definition) is 3. The Morgan fingerprint density at radius 3 is 2.73 bits per heavy atom. The van der Waals surface area contributed by atoms with Crippen LogP contribution in [0.25, 0.3) is 0 Å². The Kier molecular flexibility index (Phi) is 8.98. The van der Waals surface area contributed by atoms with Gasteiger partial charge in [-0.25, -0.2) is 4.98 Å². The molecule has 4 saturated carbocycles. The second-order valence-electron chi connectivity index (χ2n) is 13.6. The van der Waals surface area contributed by atoms with Crippen molar-refractivity contribution in [3.63, 3.8) is 0 Å². The van der Waals surface area contributed by atoms with E-state index in [1.165, 1.54) is 31.3 Å². The number of nitrogens with zero attached hydrogens (tertiary/aromatic N) is 1. The lowest BCUT2D eigenvalue weighted by Crippen LogP contribution is -2.35. The molecule has 41 heavy (non-hydrogen) atoms. The van der Waals surface area contributed by atoms with Crippen LogP contribution in [0.5, 0.6) is 0 Å². The number of fused-ring (bicyclic) bond motifs is 1. The van der Waals surface area contributed by atoms with Crippen molar-refractivity contribution in [2.45, 2.75) is 122 Å². The van der Waals surface area contributed by atoms with Crippen LogP contribution in [0.2, 0.25) is 0 Å². The first-order valence-electron chi connectivity index (χ1n) is 15.8. The Bertz CT molecular complexity index is 1180. The molecule has 5 rings (SSSR count). The molecule has 1 heterocycles. The van der Waals surface area contributed by atoms with Crippen LogP contribution >= 0.6 is 0 Å². The lowest BCUT2D eigenvalue weighted by Gasteiger charge is -2.42. The fourth-order valence-electron chi connectivity index (χ4n) is 8.01. The summed E-state index contributed by atoms with van der Waals surface area (Å²) in [6.07, 6.45) is 16.1. The van der Waals surface area contributed by atoms with Gasteiger partial charge in [-0.05, 0) is 113 Å². The summed E-state index contributed by atoms with van der Waals surface area (Å²) in [5.41, 5.74) is 3.11. The Hall–Kier alpha value is -2.22. The molecule has 4 fully saturated rings. The van der Waals surface area contributed by atoms with Gasteiger partial charge in [-0.15, -0.1) is 0 Å². The van der Waals surface area contributed by atoms with Gasteiger partial charge in [-0.2, -0.15) is 0 Å². The molecule has 0 amide bonds. The average molecular weight is 568 g/mol. The van der Waals surface area contributed by atoms with E-state index in [0.717, 1.165) is 55.4 Å². The third-order valence-electron chi connectivity index (χ3n) is 10.8. The van der Waals surface area contributed by atoms with Crippen molar-refractivity contribution in [2.75, 3.05) is 6.61 Å². The highest BCUT2D eigenvalue weighted by atomic mass is 16.5. The van der Waals surface area contributed by atoms with Crippen LogP contribution < -0.4 is 0 Å². The largest absolute Gasteiger partial charge is 0.461 e. The highest BCUT2D eigenvalue weighted by Crippen LogP contribution is 2.59. The van der Waals surface area contributed by atoms with Crippen molar-refractivity contribution in [1.29, 1.82) is 0 Å². The van der Waals surface area contributed by atoms with E-state index in [9.17, 15) is 20.1 Å². The lowest BCUT2D eigenvalue weighted by atomic mass is 9.62. The first-order valence-corrected chi connectivity index (χ1v) is 15.8. The number of hydrogen-bond acceptors (Lipinski definition) is 7. The Morgan fingerprint density at radius 2 is 2.05 bits per heavy atom. The minimum atomic E-state index is -0.659. The second-order valence-corrected chi connectivity index (χ2v) is 13.6. The standard InChI is InChI=1S/C34H49NO6/c1-21(20-36)31(39)41-30(34(15-16-34)32-35-19-22(2)40-32)9-5-8-26-12-13-28-24(7-6-14-33(26,28)4)10-11-25-17-27(37)18-29(38)23(25)3/h10-11,19,21,26-30,36-38H,3,5-9,12-18,20H2,1-2,4H3/b24-10+,25-11-/t21?,26?,27-,28?,29+,30?,33?/m1/s1. The van der Waals surface area contributed by atoms with Crippen molar-refractivity contribution in [2.24, 2.45) is 23.2 Å². The van der Waals surface area contributed by atoms with Crippen molar-refractivity contribution in [3.8, 4) is 0 Å². The number of aromatic nitrogens is 1. The molecule has 5 unspecified atom stereocenters. The van der Waals surface area contributed by atoms with Crippen LogP contribution in [0.15, 0.2) is 46.1 Å². The SMILES string of the molecule is C=C1/C(=C\C=C2/CCCC3(C)C(CCCC(OC(=O)C(C)CO)C4(c5ncc(C)o5)CC4)CCC23)C[C@@H](O)C[C@@H]1O. The van der Waals surface area contributed by atoms with Gasteiger partial charge in [0.25, 0.3) is 0 Å². The minimum absolute atomic E-state index is 0.222. The van der Waals surface area contributed by atoms with Crippen molar-refractivity contribution < 1.29 is 29.3 Å². The quantitative estimate of drug-likeness (QED) is 0.303. The van der Waals surface area contributed by atoms with Gasteiger partial charge in [0.2, 0.25) is 5.89 Å². The summed E-state index contributed by atoms with van der Waals surface area (Å²) in [6, 6.07) is 0. The van der Waals surface area contributed by atoms with Crippen LogP contribution in [0.1, 0.15) is 103 Å². The van der Waals surface area contributed by atoms with Crippen LogP contribution in [0.3, 0.4) is 0 Å². The number of ether oxygens (including phenoxy) is 1. The number of rotatable bonds is 10. The number of allylic oxidation sites excluding steroid dienone is 3. The normalized spacial score (nSPS) is 34.4. The van der Waals surface area contributed by atoms with Gasteiger partial charge < -0.3 is 24.5 Å². The first-order chi connectivity index (χ1) is 19.6. The van der Waals surface area contributed by atoms with Gasteiger partial charge in [0.05, 0.1) is 36.3 Å². The molecule has 1 aromatic heterocycles. The molecule has 0 bridgehead atoms. The number of carbonyl (C=O) groups is 1. The van der Waals surface area contributed by atoms with E-state index in [-0.39, 0.29) is 29.5 Å². The highest BCUT2D eigenvalue weighted by molar-refractivity contribution is 5.72. The van der Waals surface area contributed by atoms with Crippen molar-refractivity contribution >= 4 is 5.97 Å². The fourth-order valence-corrected chi connectivity index (χ4v) is 8.01. The van der Waals surface area contributed by atoms with E-state index < -0.39 is 18.1 Å². The molecule has 4 aliphatic rings. The molecule has 7 nitrogen and oxygen atoms in total. The van der Waals surface area contributed by atoms with Gasteiger partial charge in [-0.1, -0.05) is 31.2 Å². The summed E-state index contributed by atoms with van der Waals surface area (Å²) in [7, 11) is 0. The number of oxazole rings is 1. The predicted octanol–water partition coefficient (Wildman–Crippen LogP) is 5.87. The number of aliphatic hydroxyl groups is 3. The molecular formula is C34H49NO6. The monoisotopic (exact) mass is 567 g/mol. The van der Waals surface area contributed by atoms with E-state index in [1.807, 2.05) is 6.92 Å². The lowest BCUT2D eigenvalue weighted by molar-refractivity contribution is -0.157. The molecule has 0 radical (unpaired) electrons. The molecule has 0 saturated heterocycles. The smallest absolute Gasteiger partial charge is 0.311 e. The zero-order chi connectivity index (χ0) is 29.4. The van der Waals surface area contributed by atoms with Crippen molar-refractivity contribution in [3.05, 3.63) is 53.3 Å². The zero-order valence-electron chi connectivity index (χ0n) is 25.1. The summed E-state index contributed by atoms with van der Waals surface area (Å²) >= 11 is 0. The molecule has 0 aromatic carbocycles. The molecule has 3 N–H and O–H groups in total. The molecule has 0 spiro atoms. The Morgan fingerprint density at radius 1 is 1.27 bits per heavy atom. The molecule has 226 valence electrons. The van der Waals surface area contributed by atoms with Gasteiger partial charge >= 0.3 is 5.97 Å². The molecular weight excluding hydrogens is 518 g/mol. The van der Waals surface area contributed by atoms with Crippen LogP contribution in [0.4, 0.5) is 0 Å². The van der Waals surface area contributed by atoms with E-state index >= 15 is 0 Å². The maximum atomic E-state index is 12.7. The number of carbonyl (C=O) groups excluding carboxylic acids is 1. The highest BCUT2D eigenvalue weighted by Gasteiger charge is 2.57. The third-order valence-corrected chi connectivity index (χ3v) is 10.8. The number of aryl methyl sites for hydroxylation is 1. The maximum absolute atomic E-state index is 12.7. The summed E-state index contributed by atoms with van der Waals surface area (Å²) in [6.45, 7) is 9.92. The van der Waals surface area contributed by atoms with E-state index in [0.29, 0.717) is 30.6 Å². The molecule has 1 aromatic rings. The Labute approximate surface area is 244 Å². The number of aliphatic hydroxyl groups excluding tert-OH is 3. The topological polar surface area (TPSA) is 113 Å². The van der Waals surface area contributed by atoms with Crippen LogP contribution in [0, 0.1) is 30.1 Å². The molecule has 0 aliphatic heterocycles. The predicted molar refractivity (Wildman–Crippen MR) is 157 cm³/mol. The molecule has 7 atom stereocenters. The summed E-state index contributed by atoms with van der Waals surface area (Å²) < 4.78 is 12.0.